The van der Waals surface area contributed by atoms with Crippen molar-refractivity contribution in [2.75, 3.05) is 7.11 Å². The van der Waals surface area contributed by atoms with E-state index in [4.69, 9.17) is 14.6 Å². The molecule has 1 aromatic heterocycles. The van der Waals surface area contributed by atoms with Gasteiger partial charge in [0.1, 0.15) is 12.4 Å². The van der Waals surface area contributed by atoms with Gasteiger partial charge in [0.2, 0.25) is 0 Å². The summed E-state index contributed by atoms with van der Waals surface area (Å²) in [4.78, 5) is 14.4. The number of ether oxygens (including phenoxy) is 3. The van der Waals surface area contributed by atoms with Gasteiger partial charge in [-0.3, -0.25) is 0 Å². The molecular weight excluding hydrogens is 262 g/mol. The van der Waals surface area contributed by atoms with E-state index in [0.29, 0.717) is 0 Å². The summed E-state index contributed by atoms with van der Waals surface area (Å²) in [6, 6.07) is 10.6. The lowest BCUT2D eigenvalue weighted by Crippen LogP contribution is -2.06. The van der Waals surface area contributed by atoms with Crippen LogP contribution in [0.5, 0.6) is 17.4 Å². The molecule has 0 aliphatic rings. The first kappa shape index (κ1) is 13.7. The van der Waals surface area contributed by atoms with Gasteiger partial charge in [-0.25, -0.2) is 9.78 Å². The molecule has 0 saturated carbocycles. The van der Waals surface area contributed by atoms with E-state index in [9.17, 15) is 4.79 Å². The van der Waals surface area contributed by atoms with Crippen molar-refractivity contribution in [3.8, 4) is 17.4 Å². The number of hydrogen-bond donors (Lipinski definition) is 1. The maximum atomic E-state index is 10.5. The summed E-state index contributed by atoms with van der Waals surface area (Å²) in [5.41, 5.74) is 0.884. The zero-order valence-electron chi connectivity index (χ0n) is 10.8. The largest absolute Gasteiger partial charge is 0.512 e. The highest BCUT2D eigenvalue weighted by molar-refractivity contribution is 5.61. The van der Waals surface area contributed by atoms with E-state index in [2.05, 4.69) is 9.72 Å². The average molecular weight is 275 g/mol. The van der Waals surface area contributed by atoms with Crippen LogP contribution in [-0.4, -0.2) is 23.4 Å². The maximum absolute atomic E-state index is 10.5. The quantitative estimate of drug-likeness (QED) is 0.845. The summed E-state index contributed by atoms with van der Waals surface area (Å²) in [6.07, 6.45) is -0.00799. The Balaban J connectivity index is 2.08. The second-order valence-electron chi connectivity index (χ2n) is 3.81. The second kappa shape index (κ2) is 6.42. The van der Waals surface area contributed by atoms with Gasteiger partial charge in [-0.1, -0.05) is 12.1 Å². The van der Waals surface area contributed by atoms with Crippen molar-refractivity contribution in [2.45, 2.75) is 6.61 Å². The molecule has 2 rings (SSSR count). The van der Waals surface area contributed by atoms with Gasteiger partial charge in [0, 0.05) is 6.20 Å². The van der Waals surface area contributed by atoms with Crippen LogP contribution in [-0.2, 0) is 6.61 Å². The molecule has 0 saturated heterocycles. The molecule has 6 nitrogen and oxygen atoms in total. The van der Waals surface area contributed by atoms with E-state index < -0.39 is 6.16 Å². The fourth-order valence-electron chi connectivity index (χ4n) is 1.57. The second-order valence-corrected chi connectivity index (χ2v) is 3.81. The predicted molar refractivity (Wildman–Crippen MR) is 70.2 cm³/mol. The summed E-state index contributed by atoms with van der Waals surface area (Å²) in [6.45, 7) is 0.249. The van der Waals surface area contributed by atoms with Crippen LogP contribution in [0.4, 0.5) is 4.79 Å². The van der Waals surface area contributed by atoms with E-state index in [1.54, 1.807) is 19.2 Å². The third-order valence-electron chi connectivity index (χ3n) is 2.45. The van der Waals surface area contributed by atoms with Crippen LogP contribution < -0.4 is 14.2 Å². The molecule has 0 radical (unpaired) electrons. The smallest absolute Gasteiger partial charge is 0.497 e. The summed E-state index contributed by atoms with van der Waals surface area (Å²) in [7, 11) is 1.58. The molecule has 0 aliphatic heterocycles. The monoisotopic (exact) mass is 275 g/mol. The molecule has 0 amide bonds. The standard InChI is InChI=1S/C14H13NO5/c1-18-11-5-2-4-10(8-11)9-19-12-6-3-7-15-13(12)20-14(16)17/h2-8H,9H2,1H3,(H,16,17). The number of carboxylic acid groups (broad SMARTS) is 1. The molecule has 20 heavy (non-hydrogen) atoms. The molecule has 0 unspecified atom stereocenters. The van der Waals surface area contributed by atoms with Crippen molar-refractivity contribution in [3.63, 3.8) is 0 Å². The number of benzene rings is 1. The molecule has 1 aromatic carbocycles. The van der Waals surface area contributed by atoms with Gasteiger partial charge in [-0.15, -0.1) is 0 Å². The van der Waals surface area contributed by atoms with E-state index in [-0.39, 0.29) is 18.2 Å². The molecule has 1 N–H and O–H groups in total. The Hall–Kier alpha value is -2.76. The number of methoxy groups -OCH3 is 1. The maximum Gasteiger partial charge on any atom is 0.512 e. The lowest BCUT2D eigenvalue weighted by atomic mass is 10.2. The van der Waals surface area contributed by atoms with Crippen LogP contribution >= 0.6 is 0 Å². The number of carbonyl (C=O) groups is 1. The number of aromatic nitrogens is 1. The van der Waals surface area contributed by atoms with Crippen LogP contribution in [0.1, 0.15) is 5.56 Å². The third-order valence-corrected chi connectivity index (χ3v) is 2.45. The summed E-state index contributed by atoms with van der Waals surface area (Å²) in [5.74, 6) is 0.903. The highest BCUT2D eigenvalue weighted by Crippen LogP contribution is 2.25. The lowest BCUT2D eigenvalue weighted by molar-refractivity contribution is 0.139. The topological polar surface area (TPSA) is 77.9 Å². The van der Waals surface area contributed by atoms with Gasteiger partial charge in [0.15, 0.2) is 5.75 Å². The third kappa shape index (κ3) is 3.61. The zero-order valence-corrected chi connectivity index (χ0v) is 10.8. The van der Waals surface area contributed by atoms with Crippen LogP contribution in [0, 0.1) is 0 Å². The number of rotatable bonds is 5. The van der Waals surface area contributed by atoms with Gasteiger partial charge in [0.05, 0.1) is 7.11 Å². The van der Waals surface area contributed by atoms with Crippen molar-refractivity contribution >= 4 is 6.16 Å². The van der Waals surface area contributed by atoms with Crippen LogP contribution in [0.2, 0.25) is 0 Å². The van der Waals surface area contributed by atoms with Crippen LogP contribution in [0.15, 0.2) is 42.6 Å². The summed E-state index contributed by atoms with van der Waals surface area (Å²) in [5, 5.41) is 8.61. The van der Waals surface area contributed by atoms with E-state index in [0.717, 1.165) is 11.3 Å². The molecule has 6 heteroatoms. The Morgan fingerprint density at radius 2 is 2.15 bits per heavy atom. The van der Waals surface area contributed by atoms with Crippen molar-refractivity contribution in [1.82, 2.24) is 4.98 Å². The summed E-state index contributed by atoms with van der Waals surface area (Å²) < 4.78 is 15.2. The first-order valence-electron chi connectivity index (χ1n) is 5.80. The molecule has 104 valence electrons. The van der Waals surface area contributed by atoms with Crippen LogP contribution in [0.25, 0.3) is 0 Å². The fraction of sp³-hybridized carbons (Fsp3) is 0.143. The van der Waals surface area contributed by atoms with Crippen LogP contribution in [0.3, 0.4) is 0 Å². The SMILES string of the molecule is COc1cccc(COc2cccnc2OC(=O)O)c1. The Bertz CT molecular complexity index is 600. The number of nitrogens with zero attached hydrogens (tertiary/aromatic N) is 1. The fourth-order valence-corrected chi connectivity index (χ4v) is 1.57. The van der Waals surface area contributed by atoms with Gasteiger partial charge >= 0.3 is 6.16 Å². The Morgan fingerprint density at radius 1 is 1.30 bits per heavy atom. The summed E-state index contributed by atoms with van der Waals surface area (Å²) >= 11 is 0. The zero-order chi connectivity index (χ0) is 14.4. The predicted octanol–water partition coefficient (Wildman–Crippen LogP) is 2.73. The first-order chi connectivity index (χ1) is 9.69. The van der Waals surface area contributed by atoms with Gasteiger partial charge in [-0.05, 0) is 29.8 Å². The number of pyridine rings is 1. The minimum atomic E-state index is -1.44. The van der Waals surface area contributed by atoms with Gasteiger partial charge in [-0.2, -0.15) is 0 Å². The van der Waals surface area contributed by atoms with Gasteiger partial charge in [0.25, 0.3) is 5.88 Å². The van der Waals surface area contributed by atoms with Crippen molar-refractivity contribution in [1.29, 1.82) is 0 Å². The minimum Gasteiger partial charge on any atom is -0.497 e. The Labute approximate surface area is 115 Å². The van der Waals surface area contributed by atoms with Crippen molar-refractivity contribution in [2.24, 2.45) is 0 Å². The molecule has 0 spiro atoms. The lowest BCUT2D eigenvalue weighted by Gasteiger charge is -2.09. The van der Waals surface area contributed by atoms with Crippen molar-refractivity contribution < 1.29 is 24.1 Å². The first-order valence-corrected chi connectivity index (χ1v) is 5.80. The highest BCUT2D eigenvalue weighted by atomic mass is 16.7. The van der Waals surface area contributed by atoms with E-state index in [1.165, 1.54) is 6.20 Å². The molecule has 0 atom stereocenters. The Morgan fingerprint density at radius 3 is 2.90 bits per heavy atom. The molecule has 0 aliphatic carbocycles. The average Bonchev–Trinajstić information content (AvgIpc) is 2.46. The molecule has 0 fully saturated rings. The molecule has 1 heterocycles. The van der Waals surface area contributed by atoms with Gasteiger partial charge < -0.3 is 19.3 Å². The van der Waals surface area contributed by atoms with E-state index >= 15 is 0 Å². The molecule has 0 bridgehead atoms. The van der Waals surface area contributed by atoms with E-state index in [1.807, 2.05) is 24.3 Å². The normalized spacial score (nSPS) is 9.85. The molecular formula is C14H13NO5. The Kier molecular flexibility index (Phi) is 4.39. The molecule has 2 aromatic rings. The number of hydrogen-bond acceptors (Lipinski definition) is 5. The minimum absolute atomic E-state index is 0.0807. The highest BCUT2D eigenvalue weighted by Gasteiger charge is 2.10. The van der Waals surface area contributed by atoms with Crippen molar-refractivity contribution in [3.05, 3.63) is 48.2 Å².